The molecule has 0 spiro atoms. The Morgan fingerprint density at radius 3 is 3.00 bits per heavy atom. The zero-order chi connectivity index (χ0) is 12.5. The van der Waals surface area contributed by atoms with Crippen molar-refractivity contribution in [2.75, 3.05) is 13.2 Å². The van der Waals surface area contributed by atoms with Gasteiger partial charge in [0.15, 0.2) is 5.65 Å². The molecular formula is C14H17N3O. The molecule has 0 N–H and O–H groups in total. The van der Waals surface area contributed by atoms with Crippen LogP contribution in [0.25, 0.3) is 11.2 Å². The maximum absolute atomic E-state index is 5.35. The van der Waals surface area contributed by atoms with Crippen LogP contribution in [0.3, 0.4) is 0 Å². The number of nitrogens with zero attached hydrogens (tertiary/aromatic N) is 3. The lowest BCUT2D eigenvalue weighted by Crippen LogP contribution is -2.08. The van der Waals surface area contributed by atoms with Crippen molar-refractivity contribution in [3.05, 3.63) is 35.8 Å². The van der Waals surface area contributed by atoms with Gasteiger partial charge in [-0.25, -0.2) is 9.50 Å². The molecule has 0 amide bonds. The molecule has 2 aromatic heterocycles. The minimum Gasteiger partial charge on any atom is -0.377 e. The molecule has 0 atom stereocenters. The van der Waals surface area contributed by atoms with Gasteiger partial charge in [0.2, 0.25) is 0 Å². The smallest absolute Gasteiger partial charge is 0.156 e. The Kier molecular flexibility index (Phi) is 2.88. The van der Waals surface area contributed by atoms with Crippen LogP contribution in [0, 0.1) is 0 Å². The number of aromatic nitrogens is 3. The first-order chi connectivity index (χ1) is 8.75. The Hall–Kier alpha value is -1.68. The predicted octanol–water partition coefficient (Wildman–Crippen LogP) is 2.66. The molecule has 1 aliphatic heterocycles. The van der Waals surface area contributed by atoms with E-state index < -0.39 is 0 Å². The molecular weight excluding hydrogens is 226 g/mol. The number of fused-ring (bicyclic) bond motifs is 1. The summed E-state index contributed by atoms with van der Waals surface area (Å²) in [5, 5.41) is 4.63. The van der Waals surface area contributed by atoms with E-state index in [4.69, 9.17) is 4.74 Å². The summed E-state index contributed by atoms with van der Waals surface area (Å²) in [5.74, 6) is 0.442. The van der Waals surface area contributed by atoms with Crippen molar-refractivity contribution in [1.29, 1.82) is 0 Å². The van der Waals surface area contributed by atoms with Gasteiger partial charge in [0.05, 0.1) is 18.9 Å². The molecule has 4 nitrogen and oxygen atoms in total. The van der Waals surface area contributed by atoms with E-state index in [-0.39, 0.29) is 0 Å². The molecule has 0 aromatic carbocycles. The Labute approximate surface area is 106 Å². The van der Waals surface area contributed by atoms with Crippen molar-refractivity contribution in [2.45, 2.75) is 26.2 Å². The fourth-order valence-electron chi connectivity index (χ4n) is 2.28. The van der Waals surface area contributed by atoms with Crippen LogP contribution >= 0.6 is 0 Å². The predicted molar refractivity (Wildman–Crippen MR) is 70.5 cm³/mol. The topological polar surface area (TPSA) is 39.4 Å². The third kappa shape index (κ3) is 1.93. The molecule has 3 rings (SSSR count). The van der Waals surface area contributed by atoms with Crippen LogP contribution in [-0.4, -0.2) is 27.8 Å². The third-order valence-electron chi connectivity index (χ3n) is 3.30. The lowest BCUT2D eigenvalue weighted by molar-refractivity contribution is 0.161. The van der Waals surface area contributed by atoms with Crippen molar-refractivity contribution in [3.8, 4) is 0 Å². The molecule has 0 bridgehead atoms. The van der Waals surface area contributed by atoms with Gasteiger partial charge in [0, 0.05) is 18.0 Å². The van der Waals surface area contributed by atoms with Gasteiger partial charge >= 0.3 is 0 Å². The van der Waals surface area contributed by atoms with Crippen LogP contribution in [0.4, 0.5) is 0 Å². The SMILES string of the molecule is CC(C)c1cc(C2=CCOCC2)nn2ccnc12. The fraction of sp³-hybridized carbons (Fsp3) is 0.429. The third-order valence-corrected chi connectivity index (χ3v) is 3.30. The first kappa shape index (κ1) is 11.4. The molecule has 4 heteroatoms. The molecule has 0 fully saturated rings. The average molecular weight is 243 g/mol. The Morgan fingerprint density at radius 1 is 1.39 bits per heavy atom. The Bertz CT molecular complexity index is 598. The molecule has 1 aliphatic rings. The highest BCUT2D eigenvalue weighted by atomic mass is 16.5. The lowest BCUT2D eigenvalue weighted by Gasteiger charge is -2.15. The summed E-state index contributed by atoms with van der Waals surface area (Å²) in [4.78, 5) is 4.38. The van der Waals surface area contributed by atoms with E-state index in [1.807, 2.05) is 10.7 Å². The van der Waals surface area contributed by atoms with Gasteiger partial charge in [-0.1, -0.05) is 19.9 Å². The molecule has 0 saturated carbocycles. The number of hydrogen-bond acceptors (Lipinski definition) is 3. The quantitative estimate of drug-likeness (QED) is 0.814. The monoisotopic (exact) mass is 243 g/mol. The summed E-state index contributed by atoms with van der Waals surface area (Å²) in [6.45, 7) is 5.85. The highest BCUT2D eigenvalue weighted by Gasteiger charge is 2.14. The van der Waals surface area contributed by atoms with Gasteiger partial charge in [-0.2, -0.15) is 5.10 Å². The average Bonchev–Trinajstić information content (AvgIpc) is 2.86. The molecule has 3 heterocycles. The van der Waals surface area contributed by atoms with E-state index in [0.29, 0.717) is 12.5 Å². The molecule has 94 valence electrons. The number of hydrogen-bond donors (Lipinski definition) is 0. The molecule has 0 unspecified atom stereocenters. The maximum atomic E-state index is 5.35. The first-order valence-corrected chi connectivity index (χ1v) is 6.37. The fourth-order valence-corrected chi connectivity index (χ4v) is 2.28. The van der Waals surface area contributed by atoms with Crippen LogP contribution in [-0.2, 0) is 4.74 Å². The largest absolute Gasteiger partial charge is 0.377 e. The zero-order valence-corrected chi connectivity index (χ0v) is 10.8. The Morgan fingerprint density at radius 2 is 2.28 bits per heavy atom. The van der Waals surface area contributed by atoms with E-state index in [0.717, 1.165) is 24.4 Å². The van der Waals surface area contributed by atoms with Crippen LogP contribution in [0.5, 0.6) is 0 Å². The number of rotatable bonds is 2. The van der Waals surface area contributed by atoms with Gasteiger partial charge in [-0.05, 0) is 24.0 Å². The molecule has 18 heavy (non-hydrogen) atoms. The molecule has 0 radical (unpaired) electrons. The summed E-state index contributed by atoms with van der Waals surface area (Å²) in [6, 6.07) is 2.17. The lowest BCUT2D eigenvalue weighted by atomic mass is 10.0. The summed E-state index contributed by atoms with van der Waals surface area (Å²) in [6.07, 6.45) is 6.77. The van der Waals surface area contributed by atoms with E-state index in [1.54, 1.807) is 6.20 Å². The van der Waals surface area contributed by atoms with Crippen molar-refractivity contribution in [3.63, 3.8) is 0 Å². The van der Waals surface area contributed by atoms with E-state index in [2.05, 4.69) is 36.1 Å². The summed E-state index contributed by atoms with van der Waals surface area (Å²) >= 11 is 0. The van der Waals surface area contributed by atoms with Gasteiger partial charge in [0.1, 0.15) is 0 Å². The second kappa shape index (κ2) is 4.53. The number of ether oxygens (including phenoxy) is 1. The Balaban J connectivity index is 2.15. The summed E-state index contributed by atoms with van der Waals surface area (Å²) in [5.41, 5.74) is 4.53. The highest BCUT2D eigenvalue weighted by Crippen LogP contribution is 2.25. The van der Waals surface area contributed by atoms with Crippen LogP contribution in [0.2, 0.25) is 0 Å². The van der Waals surface area contributed by atoms with Gasteiger partial charge in [-0.15, -0.1) is 0 Å². The van der Waals surface area contributed by atoms with Crippen molar-refractivity contribution in [1.82, 2.24) is 14.6 Å². The summed E-state index contributed by atoms with van der Waals surface area (Å²) in [7, 11) is 0. The first-order valence-electron chi connectivity index (χ1n) is 6.37. The van der Waals surface area contributed by atoms with Crippen LogP contribution < -0.4 is 0 Å². The summed E-state index contributed by atoms with van der Waals surface area (Å²) < 4.78 is 7.22. The van der Waals surface area contributed by atoms with Crippen molar-refractivity contribution >= 4 is 11.2 Å². The highest BCUT2D eigenvalue weighted by molar-refractivity contribution is 5.65. The zero-order valence-electron chi connectivity index (χ0n) is 10.8. The maximum Gasteiger partial charge on any atom is 0.156 e. The minimum absolute atomic E-state index is 0.442. The van der Waals surface area contributed by atoms with E-state index >= 15 is 0 Å². The van der Waals surface area contributed by atoms with Gasteiger partial charge in [-0.3, -0.25) is 0 Å². The standard InChI is InChI=1S/C14H17N3O/c1-10(2)12-9-13(11-3-7-18-8-4-11)16-17-6-5-15-14(12)17/h3,5-6,9-10H,4,7-8H2,1-2H3. The van der Waals surface area contributed by atoms with Crippen LogP contribution in [0.1, 0.15) is 37.4 Å². The van der Waals surface area contributed by atoms with E-state index in [1.165, 1.54) is 11.1 Å². The second-order valence-electron chi connectivity index (χ2n) is 4.89. The van der Waals surface area contributed by atoms with Gasteiger partial charge < -0.3 is 4.74 Å². The molecule has 0 aliphatic carbocycles. The minimum atomic E-state index is 0.442. The number of imidazole rings is 1. The van der Waals surface area contributed by atoms with Gasteiger partial charge in [0.25, 0.3) is 0 Å². The molecule has 0 saturated heterocycles. The van der Waals surface area contributed by atoms with Crippen molar-refractivity contribution in [2.24, 2.45) is 0 Å². The van der Waals surface area contributed by atoms with Crippen LogP contribution in [0.15, 0.2) is 24.5 Å². The normalized spacial score (nSPS) is 16.3. The second-order valence-corrected chi connectivity index (χ2v) is 4.89. The van der Waals surface area contributed by atoms with Crippen molar-refractivity contribution < 1.29 is 4.74 Å². The van der Waals surface area contributed by atoms with E-state index in [9.17, 15) is 0 Å². The molecule has 2 aromatic rings.